The van der Waals surface area contributed by atoms with E-state index in [1.165, 1.54) is 0 Å². The molecule has 0 fully saturated rings. The van der Waals surface area contributed by atoms with Crippen molar-refractivity contribution >= 4 is 17.5 Å². The predicted molar refractivity (Wildman–Crippen MR) is 94.8 cm³/mol. The summed E-state index contributed by atoms with van der Waals surface area (Å²) in [6, 6.07) is 12.6. The minimum atomic E-state index is -0.331. The molecule has 4 aromatic rings. The van der Waals surface area contributed by atoms with Crippen LogP contribution < -0.4 is 5.32 Å². The lowest BCUT2D eigenvalue weighted by Gasteiger charge is -2.06. The summed E-state index contributed by atoms with van der Waals surface area (Å²) in [6.45, 7) is 3.95. The van der Waals surface area contributed by atoms with Crippen molar-refractivity contribution < 1.29 is 9.32 Å². The summed E-state index contributed by atoms with van der Waals surface area (Å²) in [5, 5.41) is 14.8. The van der Waals surface area contributed by atoms with Gasteiger partial charge in [0, 0.05) is 12.1 Å². The number of anilines is 1. The fraction of sp³-hybridized carbons (Fsp3) is 0.167. The van der Waals surface area contributed by atoms with Crippen molar-refractivity contribution in [2.24, 2.45) is 0 Å². The lowest BCUT2D eigenvalue weighted by molar-refractivity contribution is 0.102. The van der Waals surface area contributed by atoms with E-state index in [0.717, 1.165) is 0 Å². The Morgan fingerprint density at radius 3 is 2.73 bits per heavy atom. The number of carbonyl (C=O) groups is 1. The molecule has 1 amide bonds. The minimum absolute atomic E-state index is 0.135. The van der Waals surface area contributed by atoms with Crippen LogP contribution in [0.3, 0.4) is 0 Å². The van der Waals surface area contributed by atoms with Gasteiger partial charge in [-0.25, -0.2) is 0 Å². The molecule has 1 N–H and O–H groups in total. The average Bonchev–Trinajstić information content (AvgIpc) is 3.30. The van der Waals surface area contributed by atoms with Crippen molar-refractivity contribution in [2.45, 2.75) is 19.8 Å². The van der Waals surface area contributed by atoms with Crippen LogP contribution in [-0.2, 0) is 0 Å². The molecule has 26 heavy (non-hydrogen) atoms. The highest BCUT2D eigenvalue weighted by molar-refractivity contribution is 6.07. The zero-order valence-corrected chi connectivity index (χ0v) is 14.2. The third kappa shape index (κ3) is 2.81. The summed E-state index contributed by atoms with van der Waals surface area (Å²) >= 11 is 0. The molecule has 0 aliphatic carbocycles. The first-order valence-electron chi connectivity index (χ1n) is 8.17. The molecule has 1 aromatic carbocycles. The molecule has 0 aliphatic rings. The molecule has 0 aliphatic heterocycles. The van der Waals surface area contributed by atoms with Crippen LogP contribution in [0.5, 0.6) is 0 Å². The van der Waals surface area contributed by atoms with Crippen molar-refractivity contribution in [2.75, 3.05) is 5.32 Å². The van der Waals surface area contributed by atoms with E-state index >= 15 is 0 Å². The van der Waals surface area contributed by atoms with E-state index in [-0.39, 0.29) is 11.8 Å². The van der Waals surface area contributed by atoms with Crippen LogP contribution in [0.4, 0.5) is 5.95 Å². The number of benzene rings is 1. The van der Waals surface area contributed by atoms with Gasteiger partial charge in [-0.3, -0.25) is 14.5 Å². The molecule has 8 nitrogen and oxygen atoms in total. The molecule has 0 unspecified atom stereocenters. The fourth-order valence-corrected chi connectivity index (χ4v) is 2.54. The molecule has 0 bridgehead atoms. The Morgan fingerprint density at radius 2 is 1.92 bits per heavy atom. The van der Waals surface area contributed by atoms with Crippen LogP contribution in [0, 0.1) is 0 Å². The normalized spacial score (nSPS) is 11.2. The Kier molecular flexibility index (Phi) is 3.92. The van der Waals surface area contributed by atoms with Gasteiger partial charge < -0.3 is 4.52 Å². The zero-order chi connectivity index (χ0) is 18.1. The van der Waals surface area contributed by atoms with Crippen molar-refractivity contribution in [1.29, 1.82) is 0 Å². The molecule has 0 saturated heterocycles. The quantitative estimate of drug-likeness (QED) is 0.608. The topological polar surface area (TPSA) is 98.2 Å². The van der Waals surface area contributed by atoms with Crippen LogP contribution >= 0.6 is 0 Å². The van der Waals surface area contributed by atoms with Crippen LogP contribution in [-0.4, -0.2) is 30.6 Å². The van der Waals surface area contributed by atoms with Gasteiger partial charge in [0.2, 0.25) is 5.95 Å². The van der Waals surface area contributed by atoms with Gasteiger partial charge in [-0.1, -0.05) is 37.2 Å². The van der Waals surface area contributed by atoms with Crippen LogP contribution in [0.15, 0.2) is 53.2 Å². The van der Waals surface area contributed by atoms with Crippen molar-refractivity contribution in [1.82, 2.24) is 24.7 Å². The largest absolute Gasteiger partial charge is 0.334 e. The average molecular weight is 348 g/mol. The van der Waals surface area contributed by atoms with Gasteiger partial charge in [-0.15, -0.1) is 10.2 Å². The van der Waals surface area contributed by atoms with Crippen LogP contribution in [0.2, 0.25) is 0 Å². The second-order valence-electron chi connectivity index (χ2n) is 6.06. The third-order valence-electron chi connectivity index (χ3n) is 3.90. The van der Waals surface area contributed by atoms with Gasteiger partial charge in [0.1, 0.15) is 0 Å². The summed E-state index contributed by atoms with van der Waals surface area (Å²) < 4.78 is 7.03. The lowest BCUT2D eigenvalue weighted by Crippen LogP contribution is -2.15. The number of pyridine rings is 1. The molecule has 0 spiro atoms. The third-order valence-corrected chi connectivity index (χ3v) is 3.90. The Balaban J connectivity index is 1.68. The molecule has 0 saturated carbocycles. The molecule has 3 heterocycles. The fourth-order valence-electron chi connectivity index (χ4n) is 2.54. The zero-order valence-electron chi connectivity index (χ0n) is 14.2. The molecular formula is C18H16N6O2. The summed E-state index contributed by atoms with van der Waals surface area (Å²) in [5.74, 6) is 1.05. The van der Waals surface area contributed by atoms with Gasteiger partial charge in [-0.2, -0.15) is 4.98 Å². The second-order valence-corrected chi connectivity index (χ2v) is 6.06. The SMILES string of the molecule is CC(C)c1noc(-c2ccccc2C(=O)Nc2nnc3ccccn23)n1. The van der Waals surface area contributed by atoms with Crippen LogP contribution in [0.25, 0.3) is 17.1 Å². The highest BCUT2D eigenvalue weighted by Gasteiger charge is 2.19. The van der Waals surface area contributed by atoms with E-state index in [1.54, 1.807) is 28.8 Å². The maximum atomic E-state index is 12.8. The Morgan fingerprint density at radius 1 is 1.12 bits per heavy atom. The number of rotatable bonds is 4. The number of amides is 1. The van der Waals surface area contributed by atoms with Gasteiger partial charge in [0.15, 0.2) is 11.5 Å². The van der Waals surface area contributed by atoms with E-state index < -0.39 is 0 Å². The van der Waals surface area contributed by atoms with Gasteiger partial charge in [-0.05, 0) is 24.3 Å². The van der Waals surface area contributed by atoms with E-state index in [4.69, 9.17) is 4.52 Å². The van der Waals surface area contributed by atoms with Crippen molar-refractivity contribution in [3.05, 3.63) is 60.0 Å². The number of hydrogen-bond donors (Lipinski definition) is 1. The monoisotopic (exact) mass is 348 g/mol. The number of hydrogen-bond acceptors (Lipinski definition) is 6. The number of nitrogens with zero attached hydrogens (tertiary/aromatic N) is 5. The summed E-state index contributed by atoms with van der Waals surface area (Å²) in [6.07, 6.45) is 1.78. The summed E-state index contributed by atoms with van der Waals surface area (Å²) in [5.41, 5.74) is 1.63. The summed E-state index contributed by atoms with van der Waals surface area (Å²) in [7, 11) is 0. The first-order chi connectivity index (χ1) is 12.6. The Labute approximate surface area is 148 Å². The second kappa shape index (κ2) is 6.40. The maximum absolute atomic E-state index is 12.8. The smallest absolute Gasteiger partial charge is 0.258 e. The van der Waals surface area contributed by atoms with Crippen LogP contribution in [0.1, 0.15) is 35.9 Å². The maximum Gasteiger partial charge on any atom is 0.258 e. The van der Waals surface area contributed by atoms with E-state index in [2.05, 4.69) is 25.7 Å². The predicted octanol–water partition coefficient (Wildman–Crippen LogP) is 3.16. The Hall–Kier alpha value is -3.55. The molecular weight excluding hydrogens is 332 g/mol. The highest BCUT2D eigenvalue weighted by Crippen LogP contribution is 2.24. The van der Waals surface area contributed by atoms with Gasteiger partial charge >= 0.3 is 0 Å². The number of nitrogens with one attached hydrogen (secondary N) is 1. The molecule has 3 aromatic heterocycles. The van der Waals surface area contributed by atoms with Crippen molar-refractivity contribution in [3.63, 3.8) is 0 Å². The standard InChI is InChI=1S/C18H16N6O2/c1-11(2)15-19-17(26-23-15)13-8-4-3-7-12(13)16(25)20-18-22-21-14-9-5-6-10-24(14)18/h3-11H,1-2H3,(H,20,22,25). The molecule has 4 rings (SSSR count). The van der Waals surface area contributed by atoms with E-state index in [1.807, 2.05) is 38.1 Å². The first-order valence-corrected chi connectivity index (χ1v) is 8.17. The number of carbonyl (C=O) groups excluding carboxylic acids is 1. The first kappa shape index (κ1) is 15.9. The summed E-state index contributed by atoms with van der Waals surface area (Å²) in [4.78, 5) is 17.2. The van der Waals surface area contributed by atoms with Gasteiger partial charge in [0.05, 0.1) is 11.1 Å². The highest BCUT2D eigenvalue weighted by atomic mass is 16.5. The molecule has 8 heteroatoms. The molecule has 0 atom stereocenters. The number of fused-ring (bicyclic) bond motifs is 1. The lowest BCUT2D eigenvalue weighted by atomic mass is 10.1. The number of aromatic nitrogens is 5. The van der Waals surface area contributed by atoms with E-state index in [0.29, 0.717) is 34.4 Å². The van der Waals surface area contributed by atoms with Gasteiger partial charge in [0.25, 0.3) is 11.8 Å². The minimum Gasteiger partial charge on any atom is -0.334 e. The van der Waals surface area contributed by atoms with Crippen molar-refractivity contribution in [3.8, 4) is 11.5 Å². The molecule has 0 radical (unpaired) electrons. The van der Waals surface area contributed by atoms with E-state index in [9.17, 15) is 4.79 Å². The Bertz CT molecular complexity index is 1080. The molecule has 130 valence electrons.